The smallest absolute Gasteiger partial charge is 0.0136 e. The van der Waals surface area contributed by atoms with Crippen molar-refractivity contribution in [3.8, 4) is 0 Å². The minimum absolute atomic E-state index is 0.778. The van der Waals surface area contributed by atoms with E-state index in [0.29, 0.717) is 0 Å². The van der Waals surface area contributed by atoms with Crippen molar-refractivity contribution >= 4 is 0 Å². The summed E-state index contributed by atoms with van der Waals surface area (Å²) >= 11 is 0. The predicted octanol–water partition coefficient (Wildman–Crippen LogP) is 3.88. The Kier molecular flexibility index (Phi) is 5.06. The van der Waals surface area contributed by atoms with Crippen molar-refractivity contribution in [3.05, 3.63) is 35.9 Å². The molecule has 0 N–H and O–H groups in total. The van der Waals surface area contributed by atoms with Gasteiger partial charge in [0, 0.05) is 6.04 Å². The van der Waals surface area contributed by atoms with E-state index in [2.05, 4.69) is 42.2 Å². The topological polar surface area (TPSA) is 3.24 Å². The van der Waals surface area contributed by atoms with Gasteiger partial charge in [0.25, 0.3) is 0 Å². The Bertz CT molecular complexity index is 301. The summed E-state index contributed by atoms with van der Waals surface area (Å²) in [5, 5.41) is 0. The molecule has 17 heavy (non-hydrogen) atoms. The van der Waals surface area contributed by atoms with Crippen LogP contribution in [0, 0.1) is 0 Å². The summed E-state index contributed by atoms with van der Waals surface area (Å²) in [6.45, 7) is 4.94. The number of hydrogen-bond donors (Lipinski definition) is 0. The second-order valence-electron chi connectivity index (χ2n) is 5.23. The zero-order valence-corrected chi connectivity index (χ0v) is 11.1. The molecule has 0 aromatic heterocycles. The Morgan fingerprint density at radius 1 is 1.12 bits per heavy atom. The first-order valence-electron chi connectivity index (χ1n) is 7.18. The third kappa shape index (κ3) is 3.85. The quantitative estimate of drug-likeness (QED) is 0.718. The SMILES string of the molecule is CCCCC(Cc1ccccc1)N1CCCC1. The molecule has 1 nitrogen and oxygen atoms in total. The molecule has 1 atom stereocenters. The average Bonchev–Trinajstić information content (AvgIpc) is 2.89. The molecular weight excluding hydrogens is 206 g/mol. The van der Waals surface area contributed by atoms with E-state index in [1.165, 1.54) is 57.2 Å². The number of nitrogens with zero attached hydrogens (tertiary/aromatic N) is 1. The molecular formula is C16H25N. The van der Waals surface area contributed by atoms with Crippen molar-refractivity contribution in [2.24, 2.45) is 0 Å². The fourth-order valence-corrected chi connectivity index (χ4v) is 2.85. The maximum absolute atomic E-state index is 2.71. The van der Waals surface area contributed by atoms with Crippen LogP contribution in [0.2, 0.25) is 0 Å². The Morgan fingerprint density at radius 2 is 1.82 bits per heavy atom. The lowest BCUT2D eigenvalue weighted by Crippen LogP contribution is -2.34. The second kappa shape index (κ2) is 6.80. The van der Waals surface area contributed by atoms with Gasteiger partial charge in [-0.15, -0.1) is 0 Å². The summed E-state index contributed by atoms with van der Waals surface area (Å²) in [6.07, 6.45) is 8.09. The Labute approximate surface area is 106 Å². The van der Waals surface area contributed by atoms with Crippen LogP contribution in [0.25, 0.3) is 0 Å². The van der Waals surface area contributed by atoms with E-state index >= 15 is 0 Å². The van der Waals surface area contributed by atoms with Crippen LogP contribution in [0.5, 0.6) is 0 Å². The highest BCUT2D eigenvalue weighted by Gasteiger charge is 2.21. The average molecular weight is 231 g/mol. The van der Waals surface area contributed by atoms with Crippen molar-refractivity contribution in [3.63, 3.8) is 0 Å². The van der Waals surface area contributed by atoms with E-state index in [0.717, 1.165) is 6.04 Å². The van der Waals surface area contributed by atoms with Gasteiger partial charge in [0.05, 0.1) is 0 Å². The molecule has 0 amide bonds. The van der Waals surface area contributed by atoms with Gasteiger partial charge in [-0.1, -0.05) is 50.1 Å². The maximum Gasteiger partial charge on any atom is 0.0136 e. The predicted molar refractivity (Wildman–Crippen MR) is 74.3 cm³/mol. The molecule has 2 rings (SSSR count). The van der Waals surface area contributed by atoms with Crippen LogP contribution < -0.4 is 0 Å². The zero-order valence-electron chi connectivity index (χ0n) is 11.1. The Morgan fingerprint density at radius 3 is 2.47 bits per heavy atom. The molecule has 0 saturated carbocycles. The third-order valence-electron chi connectivity index (χ3n) is 3.86. The highest BCUT2D eigenvalue weighted by Crippen LogP contribution is 2.19. The van der Waals surface area contributed by atoms with E-state index in [-0.39, 0.29) is 0 Å². The lowest BCUT2D eigenvalue weighted by molar-refractivity contribution is 0.225. The Hall–Kier alpha value is -0.820. The van der Waals surface area contributed by atoms with Crippen molar-refractivity contribution in [2.75, 3.05) is 13.1 Å². The largest absolute Gasteiger partial charge is 0.300 e. The van der Waals surface area contributed by atoms with Gasteiger partial charge in [-0.25, -0.2) is 0 Å². The number of hydrogen-bond acceptors (Lipinski definition) is 1. The van der Waals surface area contributed by atoms with Gasteiger partial charge in [-0.2, -0.15) is 0 Å². The van der Waals surface area contributed by atoms with Gasteiger partial charge in [0.1, 0.15) is 0 Å². The summed E-state index contributed by atoms with van der Waals surface area (Å²) in [5.74, 6) is 0. The van der Waals surface area contributed by atoms with Gasteiger partial charge in [0.15, 0.2) is 0 Å². The molecule has 0 bridgehead atoms. The monoisotopic (exact) mass is 231 g/mol. The molecule has 1 heteroatoms. The normalized spacial score (nSPS) is 18.4. The molecule has 1 heterocycles. The molecule has 94 valence electrons. The van der Waals surface area contributed by atoms with Gasteiger partial charge < -0.3 is 4.90 Å². The van der Waals surface area contributed by atoms with Crippen LogP contribution in [0.3, 0.4) is 0 Å². The first-order chi connectivity index (χ1) is 8.40. The summed E-state index contributed by atoms with van der Waals surface area (Å²) in [7, 11) is 0. The molecule has 1 aliphatic rings. The molecule has 1 aromatic rings. The highest BCUT2D eigenvalue weighted by molar-refractivity contribution is 5.16. The standard InChI is InChI=1S/C16H25N/c1-2-3-11-16(17-12-7-8-13-17)14-15-9-5-4-6-10-15/h4-6,9-10,16H,2-3,7-8,11-14H2,1H3. The summed E-state index contributed by atoms with van der Waals surface area (Å²) in [6, 6.07) is 11.8. The van der Waals surface area contributed by atoms with Crippen molar-refractivity contribution < 1.29 is 0 Å². The van der Waals surface area contributed by atoms with Gasteiger partial charge in [-0.05, 0) is 44.3 Å². The second-order valence-corrected chi connectivity index (χ2v) is 5.23. The summed E-state index contributed by atoms with van der Waals surface area (Å²) in [4.78, 5) is 2.71. The number of unbranched alkanes of at least 4 members (excludes halogenated alkanes) is 1. The number of rotatable bonds is 6. The molecule has 1 fully saturated rings. The summed E-state index contributed by atoms with van der Waals surface area (Å²) < 4.78 is 0. The fourth-order valence-electron chi connectivity index (χ4n) is 2.85. The van der Waals surface area contributed by atoms with E-state index < -0.39 is 0 Å². The van der Waals surface area contributed by atoms with E-state index in [4.69, 9.17) is 0 Å². The molecule has 1 aromatic carbocycles. The van der Waals surface area contributed by atoms with Gasteiger partial charge >= 0.3 is 0 Å². The first kappa shape index (κ1) is 12.6. The highest BCUT2D eigenvalue weighted by atomic mass is 15.2. The van der Waals surface area contributed by atoms with Crippen molar-refractivity contribution in [1.82, 2.24) is 4.90 Å². The maximum atomic E-state index is 2.71. The summed E-state index contributed by atoms with van der Waals surface area (Å²) in [5.41, 5.74) is 1.50. The molecule has 0 aliphatic carbocycles. The van der Waals surface area contributed by atoms with Crippen LogP contribution in [0.15, 0.2) is 30.3 Å². The van der Waals surface area contributed by atoms with Crippen molar-refractivity contribution in [2.45, 2.75) is 51.5 Å². The lowest BCUT2D eigenvalue weighted by atomic mass is 10.00. The lowest BCUT2D eigenvalue weighted by Gasteiger charge is -2.27. The third-order valence-corrected chi connectivity index (χ3v) is 3.86. The first-order valence-corrected chi connectivity index (χ1v) is 7.18. The van der Waals surface area contributed by atoms with Gasteiger partial charge in [-0.3, -0.25) is 0 Å². The minimum Gasteiger partial charge on any atom is -0.300 e. The minimum atomic E-state index is 0.778. The molecule has 1 aliphatic heterocycles. The van der Waals surface area contributed by atoms with E-state index in [1.807, 2.05) is 0 Å². The molecule has 1 saturated heterocycles. The van der Waals surface area contributed by atoms with Crippen LogP contribution in [-0.2, 0) is 6.42 Å². The van der Waals surface area contributed by atoms with E-state index in [9.17, 15) is 0 Å². The number of benzene rings is 1. The Balaban J connectivity index is 1.94. The van der Waals surface area contributed by atoms with Crippen LogP contribution in [-0.4, -0.2) is 24.0 Å². The van der Waals surface area contributed by atoms with Crippen LogP contribution >= 0.6 is 0 Å². The van der Waals surface area contributed by atoms with Crippen LogP contribution in [0.4, 0.5) is 0 Å². The number of likely N-dealkylation sites (tertiary alicyclic amines) is 1. The molecule has 0 radical (unpaired) electrons. The molecule has 0 spiro atoms. The van der Waals surface area contributed by atoms with Gasteiger partial charge in [0.2, 0.25) is 0 Å². The van der Waals surface area contributed by atoms with Crippen LogP contribution in [0.1, 0.15) is 44.6 Å². The fraction of sp³-hybridized carbons (Fsp3) is 0.625. The zero-order chi connectivity index (χ0) is 11.9. The van der Waals surface area contributed by atoms with E-state index in [1.54, 1.807) is 0 Å². The van der Waals surface area contributed by atoms with Crippen molar-refractivity contribution in [1.29, 1.82) is 0 Å². The molecule has 1 unspecified atom stereocenters.